The van der Waals surface area contributed by atoms with Crippen molar-refractivity contribution in [2.24, 2.45) is 5.41 Å². The molecule has 1 rings (SSSR count). The third kappa shape index (κ3) is 5.45. The number of carboxylic acids is 1. The molecule has 1 atom stereocenters. The lowest BCUT2D eigenvalue weighted by atomic mass is 9.87. The molecule has 5 heteroatoms. The van der Waals surface area contributed by atoms with E-state index in [0.29, 0.717) is 5.75 Å². The highest BCUT2D eigenvalue weighted by molar-refractivity contribution is 5.84. The van der Waals surface area contributed by atoms with Crippen LogP contribution in [0.2, 0.25) is 0 Å². The first kappa shape index (κ1) is 17.0. The minimum Gasteiger partial charge on any atom is -0.484 e. The van der Waals surface area contributed by atoms with Gasteiger partial charge in [-0.05, 0) is 42.5 Å². The van der Waals surface area contributed by atoms with Gasteiger partial charge in [0.2, 0.25) is 0 Å². The van der Waals surface area contributed by atoms with Crippen molar-refractivity contribution in [3.63, 3.8) is 0 Å². The highest BCUT2D eigenvalue weighted by atomic mass is 16.5. The van der Waals surface area contributed by atoms with Crippen LogP contribution in [-0.2, 0) is 9.59 Å². The van der Waals surface area contributed by atoms with Crippen LogP contribution in [0.5, 0.6) is 5.75 Å². The Morgan fingerprint density at radius 2 is 1.71 bits per heavy atom. The number of rotatable bonds is 5. The van der Waals surface area contributed by atoms with Crippen molar-refractivity contribution in [3.05, 3.63) is 29.3 Å². The molecule has 0 heterocycles. The Bertz CT molecular complexity index is 511. The van der Waals surface area contributed by atoms with E-state index in [1.807, 2.05) is 32.0 Å². The maximum absolute atomic E-state index is 11.8. The van der Waals surface area contributed by atoms with Crippen LogP contribution in [0.4, 0.5) is 0 Å². The summed E-state index contributed by atoms with van der Waals surface area (Å²) in [6, 6.07) is 4.72. The number of aliphatic carboxylic acids is 1. The summed E-state index contributed by atoms with van der Waals surface area (Å²) >= 11 is 0. The molecule has 0 aliphatic carbocycles. The highest BCUT2D eigenvalue weighted by Crippen LogP contribution is 2.19. The van der Waals surface area contributed by atoms with Crippen molar-refractivity contribution in [3.8, 4) is 5.75 Å². The van der Waals surface area contributed by atoms with Gasteiger partial charge in [0.25, 0.3) is 5.91 Å². The van der Waals surface area contributed by atoms with Crippen molar-refractivity contribution in [2.75, 3.05) is 6.61 Å². The van der Waals surface area contributed by atoms with E-state index in [2.05, 4.69) is 5.32 Å². The number of carboxylic acid groups (broad SMARTS) is 1. The summed E-state index contributed by atoms with van der Waals surface area (Å²) in [4.78, 5) is 23.0. The molecule has 0 aliphatic heterocycles. The number of carbonyl (C=O) groups excluding carboxylic acids is 1. The smallest absolute Gasteiger partial charge is 0.326 e. The van der Waals surface area contributed by atoms with E-state index in [1.54, 1.807) is 20.8 Å². The van der Waals surface area contributed by atoms with E-state index >= 15 is 0 Å². The second-order valence-corrected chi connectivity index (χ2v) is 6.32. The van der Waals surface area contributed by atoms with E-state index in [1.165, 1.54) is 0 Å². The Hall–Kier alpha value is -2.04. The second kappa shape index (κ2) is 6.61. The van der Waals surface area contributed by atoms with Gasteiger partial charge in [-0.2, -0.15) is 0 Å². The van der Waals surface area contributed by atoms with Gasteiger partial charge in [-0.15, -0.1) is 0 Å². The van der Waals surface area contributed by atoms with Crippen molar-refractivity contribution < 1.29 is 19.4 Å². The third-order valence-corrected chi connectivity index (χ3v) is 2.98. The standard InChI is InChI=1S/C16H23NO4/c1-10-6-11(2)8-12(7-10)21-9-13(18)17-14(15(19)20)16(3,4)5/h6-8,14H,9H2,1-5H3,(H,17,18)(H,19,20). The number of benzene rings is 1. The number of hydrogen-bond donors (Lipinski definition) is 2. The topological polar surface area (TPSA) is 75.6 Å². The van der Waals surface area contributed by atoms with Gasteiger partial charge >= 0.3 is 5.97 Å². The number of ether oxygens (including phenoxy) is 1. The number of aryl methyl sites for hydroxylation is 2. The van der Waals surface area contributed by atoms with Gasteiger partial charge in [0.15, 0.2) is 6.61 Å². The number of hydrogen-bond acceptors (Lipinski definition) is 3. The first-order valence-corrected chi connectivity index (χ1v) is 6.83. The largest absolute Gasteiger partial charge is 0.484 e. The fourth-order valence-electron chi connectivity index (χ4n) is 2.02. The van der Waals surface area contributed by atoms with Crippen molar-refractivity contribution >= 4 is 11.9 Å². The molecule has 1 aromatic carbocycles. The third-order valence-electron chi connectivity index (χ3n) is 2.98. The first-order valence-electron chi connectivity index (χ1n) is 6.83. The van der Waals surface area contributed by atoms with Crippen LogP contribution in [0.3, 0.4) is 0 Å². The minimum atomic E-state index is -1.05. The SMILES string of the molecule is Cc1cc(C)cc(OCC(=O)NC(C(=O)O)C(C)(C)C)c1. The van der Waals surface area contributed by atoms with Gasteiger partial charge in [-0.3, -0.25) is 4.79 Å². The van der Waals surface area contributed by atoms with Crippen LogP contribution in [0, 0.1) is 19.3 Å². The summed E-state index contributed by atoms with van der Waals surface area (Å²) in [5.74, 6) is -0.899. The van der Waals surface area contributed by atoms with Gasteiger partial charge in [-0.1, -0.05) is 26.8 Å². The second-order valence-electron chi connectivity index (χ2n) is 6.32. The molecular weight excluding hydrogens is 270 g/mol. The molecule has 21 heavy (non-hydrogen) atoms. The maximum atomic E-state index is 11.8. The highest BCUT2D eigenvalue weighted by Gasteiger charge is 2.32. The molecule has 116 valence electrons. The summed E-state index contributed by atoms with van der Waals surface area (Å²) < 4.78 is 5.42. The molecule has 0 aliphatic rings. The average molecular weight is 293 g/mol. The van der Waals surface area contributed by atoms with Crippen LogP contribution in [0.25, 0.3) is 0 Å². The fraction of sp³-hybridized carbons (Fsp3) is 0.500. The average Bonchev–Trinajstić information content (AvgIpc) is 2.30. The molecule has 0 aromatic heterocycles. The van der Waals surface area contributed by atoms with Crippen LogP contribution in [-0.4, -0.2) is 29.6 Å². The predicted octanol–water partition coefficient (Wildman–Crippen LogP) is 2.30. The summed E-state index contributed by atoms with van der Waals surface area (Å²) in [6.07, 6.45) is 0. The molecule has 1 amide bonds. The summed E-state index contributed by atoms with van der Waals surface area (Å²) in [5.41, 5.74) is 1.52. The molecule has 0 saturated heterocycles. The Kier molecular flexibility index (Phi) is 5.35. The Labute approximate surface area is 125 Å². The fourth-order valence-corrected chi connectivity index (χ4v) is 2.02. The molecule has 0 bridgehead atoms. The Balaban J connectivity index is 2.63. The zero-order chi connectivity index (χ0) is 16.2. The lowest BCUT2D eigenvalue weighted by molar-refractivity contribution is -0.145. The molecule has 5 nitrogen and oxygen atoms in total. The molecule has 0 saturated carbocycles. The maximum Gasteiger partial charge on any atom is 0.326 e. The van der Waals surface area contributed by atoms with E-state index in [0.717, 1.165) is 11.1 Å². The van der Waals surface area contributed by atoms with Crippen molar-refractivity contribution in [1.29, 1.82) is 0 Å². The van der Waals surface area contributed by atoms with Gasteiger partial charge in [0.1, 0.15) is 11.8 Å². The number of amides is 1. The van der Waals surface area contributed by atoms with Gasteiger partial charge in [0.05, 0.1) is 0 Å². The van der Waals surface area contributed by atoms with Gasteiger partial charge < -0.3 is 15.2 Å². The lowest BCUT2D eigenvalue weighted by Gasteiger charge is -2.27. The van der Waals surface area contributed by atoms with Gasteiger partial charge in [-0.25, -0.2) is 4.79 Å². The Morgan fingerprint density at radius 1 is 1.19 bits per heavy atom. The number of carbonyl (C=O) groups is 2. The summed E-state index contributed by atoms with van der Waals surface area (Å²) in [7, 11) is 0. The molecule has 2 N–H and O–H groups in total. The molecule has 1 aromatic rings. The quantitative estimate of drug-likeness (QED) is 0.873. The van der Waals surface area contributed by atoms with E-state index in [4.69, 9.17) is 9.84 Å². The van der Waals surface area contributed by atoms with Crippen LogP contribution < -0.4 is 10.1 Å². The number of nitrogens with one attached hydrogen (secondary N) is 1. The van der Waals surface area contributed by atoms with E-state index in [9.17, 15) is 9.59 Å². The zero-order valence-electron chi connectivity index (χ0n) is 13.2. The molecular formula is C16H23NO4. The van der Waals surface area contributed by atoms with E-state index in [-0.39, 0.29) is 6.61 Å². The van der Waals surface area contributed by atoms with Crippen LogP contribution in [0.1, 0.15) is 31.9 Å². The predicted molar refractivity (Wildman–Crippen MR) is 80.4 cm³/mol. The normalized spacial score (nSPS) is 12.6. The van der Waals surface area contributed by atoms with Gasteiger partial charge in [0, 0.05) is 0 Å². The van der Waals surface area contributed by atoms with Crippen LogP contribution >= 0.6 is 0 Å². The Morgan fingerprint density at radius 3 is 2.14 bits per heavy atom. The minimum absolute atomic E-state index is 0.206. The van der Waals surface area contributed by atoms with Crippen molar-refractivity contribution in [2.45, 2.75) is 40.7 Å². The molecule has 0 radical (unpaired) electrons. The zero-order valence-corrected chi connectivity index (χ0v) is 13.2. The summed E-state index contributed by atoms with van der Waals surface area (Å²) in [5, 5.41) is 11.7. The van der Waals surface area contributed by atoms with Crippen LogP contribution in [0.15, 0.2) is 18.2 Å². The molecule has 1 unspecified atom stereocenters. The molecule has 0 fully saturated rings. The molecule has 0 spiro atoms. The lowest BCUT2D eigenvalue weighted by Crippen LogP contribution is -2.50. The first-order chi connectivity index (χ1) is 9.59. The summed E-state index contributed by atoms with van der Waals surface area (Å²) in [6.45, 7) is 8.97. The monoisotopic (exact) mass is 293 g/mol. The van der Waals surface area contributed by atoms with Crippen molar-refractivity contribution in [1.82, 2.24) is 5.32 Å². The van der Waals surface area contributed by atoms with E-state index < -0.39 is 23.3 Å².